The summed E-state index contributed by atoms with van der Waals surface area (Å²) in [7, 11) is 0. The molecule has 1 aromatic carbocycles. The highest BCUT2D eigenvalue weighted by atomic mass is 35.5. The predicted molar refractivity (Wildman–Crippen MR) is 106 cm³/mol. The summed E-state index contributed by atoms with van der Waals surface area (Å²) in [6.07, 6.45) is 1.42. The van der Waals surface area contributed by atoms with Crippen molar-refractivity contribution in [2.45, 2.75) is 12.7 Å². The molecule has 0 radical (unpaired) electrons. The molecule has 0 spiro atoms. The smallest absolute Gasteiger partial charge is 0.383 e. The first-order valence-corrected chi connectivity index (χ1v) is 9.10. The van der Waals surface area contributed by atoms with Gasteiger partial charge in [0.05, 0.1) is 24.0 Å². The molecule has 4 rings (SSSR count). The van der Waals surface area contributed by atoms with Gasteiger partial charge in [0.1, 0.15) is 17.8 Å². The highest BCUT2D eigenvalue weighted by molar-refractivity contribution is 6.30. The number of nitrogens with zero attached hydrogens (tertiary/aromatic N) is 5. The Morgan fingerprint density at radius 3 is 2.37 bits per heavy atom. The molecule has 0 saturated heterocycles. The second-order valence-corrected chi connectivity index (χ2v) is 6.90. The minimum atomic E-state index is -4.47. The van der Waals surface area contributed by atoms with Crippen molar-refractivity contribution in [3.8, 4) is 22.4 Å². The third-order valence-corrected chi connectivity index (χ3v) is 4.63. The number of alkyl halides is 3. The van der Waals surface area contributed by atoms with Crippen LogP contribution in [0.3, 0.4) is 0 Å². The Bertz CT molecular complexity index is 1170. The zero-order valence-corrected chi connectivity index (χ0v) is 16.1. The SMILES string of the molecule is Nc1ncnc(-c2cnn(Cc3ccc(C(F)(F)F)nc3)c2)c1-c1ccc(Cl)cc1. The Morgan fingerprint density at radius 1 is 0.933 bits per heavy atom. The van der Waals surface area contributed by atoms with Crippen LogP contribution in [0.15, 0.2) is 61.3 Å². The van der Waals surface area contributed by atoms with Crippen molar-refractivity contribution < 1.29 is 13.2 Å². The fraction of sp³-hybridized carbons (Fsp3) is 0.100. The summed E-state index contributed by atoms with van der Waals surface area (Å²) in [5.41, 5.74) is 8.46. The summed E-state index contributed by atoms with van der Waals surface area (Å²) in [6.45, 7) is 0.252. The molecule has 0 amide bonds. The summed E-state index contributed by atoms with van der Waals surface area (Å²) < 4.78 is 39.6. The van der Waals surface area contributed by atoms with Crippen LogP contribution >= 0.6 is 11.6 Å². The van der Waals surface area contributed by atoms with Gasteiger partial charge in [-0.05, 0) is 29.3 Å². The van der Waals surface area contributed by atoms with Gasteiger partial charge in [-0.1, -0.05) is 29.8 Å². The van der Waals surface area contributed by atoms with Crippen LogP contribution in [0.5, 0.6) is 0 Å². The van der Waals surface area contributed by atoms with Crippen LogP contribution in [0.4, 0.5) is 19.0 Å². The van der Waals surface area contributed by atoms with Crippen molar-refractivity contribution in [2.75, 3.05) is 5.73 Å². The van der Waals surface area contributed by atoms with Crippen molar-refractivity contribution in [3.05, 3.63) is 77.6 Å². The van der Waals surface area contributed by atoms with Crippen LogP contribution in [0, 0.1) is 0 Å². The maximum absolute atomic E-state index is 12.7. The van der Waals surface area contributed by atoms with Gasteiger partial charge in [0.2, 0.25) is 0 Å². The maximum atomic E-state index is 12.7. The monoisotopic (exact) mass is 430 g/mol. The van der Waals surface area contributed by atoms with Crippen LogP contribution in [0.25, 0.3) is 22.4 Å². The van der Waals surface area contributed by atoms with E-state index in [0.29, 0.717) is 33.2 Å². The van der Waals surface area contributed by atoms with Crippen LogP contribution in [0.2, 0.25) is 5.02 Å². The van der Waals surface area contributed by atoms with Crippen LogP contribution in [-0.2, 0) is 12.7 Å². The molecule has 2 N–H and O–H groups in total. The first-order valence-electron chi connectivity index (χ1n) is 8.72. The van der Waals surface area contributed by atoms with E-state index in [1.807, 2.05) is 12.1 Å². The largest absolute Gasteiger partial charge is 0.433 e. The lowest BCUT2D eigenvalue weighted by atomic mass is 10.0. The average Bonchev–Trinajstić information content (AvgIpc) is 3.17. The Hall–Kier alpha value is -3.46. The molecule has 0 unspecified atom stereocenters. The lowest BCUT2D eigenvalue weighted by Gasteiger charge is -2.10. The van der Waals surface area contributed by atoms with Gasteiger partial charge in [0, 0.05) is 23.0 Å². The predicted octanol–water partition coefficient (Wildman–Crippen LogP) is 4.70. The second kappa shape index (κ2) is 7.75. The van der Waals surface area contributed by atoms with Gasteiger partial charge in [-0.25, -0.2) is 9.97 Å². The van der Waals surface area contributed by atoms with E-state index >= 15 is 0 Å². The van der Waals surface area contributed by atoms with Gasteiger partial charge < -0.3 is 5.73 Å². The lowest BCUT2D eigenvalue weighted by molar-refractivity contribution is -0.141. The molecule has 3 heterocycles. The van der Waals surface area contributed by atoms with E-state index < -0.39 is 11.9 Å². The molecule has 0 aliphatic carbocycles. The van der Waals surface area contributed by atoms with Gasteiger partial charge in [-0.3, -0.25) is 9.67 Å². The summed E-state index contributed by atoms with van der Waals surface area (Å²) in [5.74, 6) is 0.307. The molecule has 6 nitrogen and oxygen atoms in total. The second-order valence-electron chi connectivity index (χ2n) is 6.47. The molecule has 3 aromatic heterocycles. The molecular formula is C20H14ClF3N6. The molecular weight excluding hydrogens is 417 g/mol. The number of halogens is 4. The Labute approximate surface area is 174 Å². The Balaban J connectivity index is 1.63. The van der Waals surface area contributed by atoms with Crippen LogP contribution in [0.1, 0.15) is 11.3 Å². The van der Waals surface area contributed by atoms with E-state index in [9.17, 15) is 13.2 Å². The number of rotatable bonds is 4. The summed E-state index contributed by atoms with van der Waals surface area (Å²) >= 11 is 5.97. The number of nitrogens with two attached hydrogens (primary N) is 1. The third kappa shape index (κ3) is 4.11. The van der Waals surface area contributed by atoms with Gasteiger partial charge in [0.25, 0.3) is 0 Å². The fourth-order valence-electron chi connectivity index (χ4n) is 2.96. The zero-order valence-electron chi connectivity index (χ0n) is 15.3. The number of hydrogen-bond acceptors (Lipinski definition) is 5. The van der Waals surface area contributed by atoms with Gasteiger partial charge in [-0.2, -0.15) is 18.3 Å². The molecule has 4 aromatic rings. The van der Waals surface area contributed by atoms with Gasteiger partial charge >= 0.3 is 6.18 Å². The molecule has 0 bridgehead atoms. The Kier molecular flexibility index (Phi) is 5.13. The number of nitrogen functional groups attached to an aromatic ring is 1. The van der Waals surface area contributed by atoms with Crippen molar-refractivity contribution >= 4 is 17.4 Å². The fourth-order valence-corrected chi connectivity index (χ4v) is 3.09. The van der Waals surface area contributed by atoms with E-state index in [1.54, 1.807) is 29.2 Å². The van der Waals surface area contributed by atoms with E-state index in [0.717, 1.165) is 11.6 Å². The summed E-state index contributed by atoms with van der Waals surface area (Å²) in [4.78, 5) is 11.9. The highest BCUT2D eigenvalue weighted by Crippen LogP contribution is 2.34. The molecule has 0 fully saturated rings. The average molecular weight is 431 g/mol. The third-order valence-electron chi connectivity index (χ3n) is 4.38. The van der Waals surface area contributed by atoms with Crippen molar-refractivity contribution in [2.24, 2.45) is 0 Å². The van der Waals surface area contributed by atoms with E-state index in [4.69, 9.17) is 17.3 Å². The molecule has 10 heteroatoms. The number of hydrogen-bond donors (Lipinski definition) is 1. The topological polar surface area (TPSA) is 82.5 Å². The Morgan fingerprint density at radius 2 is 1.70 bits per heavy atom. The van der Waals surface area contributed by atoms with E-state index in [-0.39, 0.29) is 6.54 Å². The minimum absolute atomic E-state index is 0.252. The maximum Gasteiger partial charge on any atom is 0.433 e. The first-order chi connectivity index (χ1) is 14.3. The van der Waals surface area contributed by atoms with Crippen LogP contribution in [-0.4, -0.2) is 24.7 Å². The molecule has 0 saturated carbocycles. The molecule has 30 heavy (non-hydrogen) atoms. The van der Waals surface area contributed by atoms with Crippen molar-refractivity contribution in [3.63, 3.8) is 0 Å². The summed E-state index contributed by atoms with van der Waals surface area (Å²) in [6, 6.07) is 9.45. The number of anilines is 1. The van der Waals surface area contributed by atoms with Gasteiger partial charge in [-0.15, -0.1) is 0 Å². The molecule has 0 atom stereocenters. The normalized spacial score (nSPS) is 11.6. The first kappa shape index (κ1) is 19.8. The van der Waals surface area contributed by atoms with Crippen molar-refractivity contribution in [1.82, 2.24) is 24.7 Å². The molecule has 0 aliphatic rings. The van der Waals surface area contributed by atoms with Crippen molar-refractivity contribution in [1.29, 1.82) is 0 Å². The zero-order chi connectivity index (χ0) is 21.3. The number of benzene rings is 1. The highest BCUT2D eigenvalue weighted by Gasteiger charge is 2.32. The molecule has 152 valence electrons. The number of aromatic nitrogens is 5. The summed E-state index contributed by atoms with van der Waals surface area (Å²) in [5, 5.41) is 4.87. The van der Waals surface area contributed by atoms with Gasteiger partial charge in [0.15, 0.2) is 0 Å². The van der Waals surface area contributed by atoms with E-state index in [1.165, 1.54) is 18.6 Å². The number of pyridine rings is 1. The van der Waals surface area contributed by atoms with Crippen LogP contribution < -0.4 is 5.73 Å². The quantitative estimate of drug-likeness (QED) is 0.507. The standard InChI is InChI=1S/C20H14ClF3N6/c21-15-4-2-13(3-5-15)17-18(27-11-28-19(17)25)14-8-29-30(10-14)9-12-1-6-16(26-7-12)20(22,23)24/h1-8,10-11H,9H2,(H2,25,27,28). The minimum Gasteiger partial charge on any atom is -0.383 e. The lowest BCUT2D eigenvalue weighted by Crippen LogP contribution is -2.08. The van der Waals surface area contributed by atoms with E-state index in [2.05, 4.69) is 20.1 Å². The molecule has 0 aliphatic heterocycles.